The SMILES string of the molecule is N#CC(C(=O)Cc1ccccc1)c1cccc(I)c1. The zero-order valence-electron chi connectivity index (χ0n) is 10.2. The molecule has 0 amide bonds. The Morgan fingerprint density at radius 3 is 2.53 bits per heavy atom. The number of nitrogens with zero attached hydrogens (tertiary/aromatic N) is 1. The van der Waals surface area contributed by atoms with Crippen LogP contribution < -0.4 is 0 Å². The summed E-state index contributed by atoms with van der Waals surface area (Å²) in [5, 5.41) is 9.25. The van der Waals surface area contributed by atoms with Gasteiger partial charge in [-0.2, -0.15) is 5.26 Å². The van der Waals surface area contributed by atoms with Gasteiger partial charge in [-0.15, -0.1) is 0 Å². The fourth-order valence-corrected chi connectivity index (χ4v) is 2.48. The van der Waals surface area contributed by atoms with Crippen LogP contribution in [0.25, 0.3) is 0 Å². The molecule has 0 aliphatic rings. The first-order valence-corrected chi connectivity index (χ1v) is 7.00. The maximum Gasteiger partial charge on any atom is 0.158 e. The van der Waals surface area contributed by atoms with Gasteiger partial charge in [0.1, 0.15) is 5.92 Å². The van der Waals surface area contributed by atoms with E-state index in [1.54, 1.807) is 0 Å². The van der Waals surface area contributed by atoms with Crippen molar-refractivity contribution in [3.05, 3.63) is 69.3 Å². The number of hydrogen-bond acceptors (Lipinski definition) is 2. The van der Waals surface area contributed by atoms with E-state index in [0.717, 1.165) is 14.7 Å². The molecule has 1 unspecified atom stereocenters. The van der Waals surface area contributed by atoms with Crippen LogP contribution in [0.5, 0.6) is 0 Å². The molecule has 1 atom stereocenters. The molecular formula is C16H12INO. The lowest BCUT2D eigenvalue weighted by Crippen LogP contribution is -2.13. The minimum Gasteiger partial charge on any atom is -0.297 e. The molecule has 2 aromatic rings. The number of halogens is 1. The van der Waals surface area contributed by atoms with Gasteiger partial charge in [0.15, 0.2) is 5.78 Å². The second-order valence-electron chi connectivity index (χ2n) is 4.25. The number of carbonyl (C=O) groups excluding carboxylic acids is 1. The molecule has 2 aromatic carbocycles. The Bertz CT molecular complexity index is 616. The molecule has 0 saturated carbocycles. The van der Waals surface area contributed by atoms with Gasteiger partial charge in [-0.3, -0.25) is 4.79 Å². The van der Waals surface area contributed by atoms with Crippen molar-refractivity contribution < 1.29 is 4.79 Å². The molecule has 19 heavy (non-hydrogen) atoms. The molecule has 0 fully saturated rings. The van der Waals surface area contributed by atoms with Crippen molar-refractivity contribution in [2.75, 3.05) is 0 Å². The minimum absolute atomic E-state index is 0.0595. The highest BCUT2D eigenvalue weighted by atomic mass is 127. The molecule has 0 radical (unpaired) electrons. The fraction of sp³-hybridized carbons (Fsp3) is 0.125. The molecule has 0 heterocycles. The molecule has 0 aromatic heterocycles. The van der Waals surface area contributed by atoms with Gasteiger partial charge in [-0.1, -0.05) is 42.5 Å². The van der Waals surface area contributed by atoms with Crippen molar-refractivity contribution in [3.63, 3.8) is 0 Å². The van der Waals surface area contributed by atoms with Gasteiger partial charge in [0.2, 0.25) is 0 Å². The van der Waals surface area contributed by atoms with Crippen LogP contribution in [-0.4, -0.2) is 5.78 Å². The van der Waals surface area contributed by atoms with Gasteiger partial charge < -0.3 is 0 Å². The zero-order chi connectivity index (χ0) is 13.7. The van der Waals surface area contributed by atoms with Crippen LogP contribution in [0.15, 0.2) is 54.6 Å². The summed E-state index contributed by atoms with van der Waals surface area (Å²) in [7, 11) is 0. The van der Waals surface area contributed by atoms with Gasteiger partial charge in [-0.05, 0) is 45.9 Å². The first kappa shape index (κ1) is 13.8. The Balaban J connectivity index is 2.19. The molecule has 3 heteroatoms. The topological polar surface area (TPSA) is 40.9 Å². The minimum atomic E-state index is -0.685. The third-order valence-electron chi connectivity index (χ3n) is 2.85. The lowest BCUT2D eigenvalue weighted by Gasteiger charge is -2.09. The number of nitriles is 1. The maximum atomic E-state index is 12.2. The molecular weight excluding hydrogens is 349 g/mol. The first-order valence-electron chi connectivity index (χ1n) is 5.92. The van der Waals surface area contributed by atoms with Gasteiger partial charge in [0.05, 0.1) is 6.07 Å². The Morgan fingerprint density at radius 1 is 1.16 bits per heavy atom. The van der Waals surface area contributed by atoms with Crippen LogP contribution in [0.1, 0.15) is 17.0 Å². The molecule has 2 nitrogen and oxygen atoms in total. The highest BCUT2D eigenvalue weighted by Crippen LogP contribution is 2.20. The van der Waals surface area contributed by atoms with E-state index in [0.29, 0.717) is 6.42 Å². The van der Waals surface area contributed by atoms with E-state index < -0.39 is 5.92 Å². The third kappa shape index (κ3) is 3.65. The van der Waals surface area contributed by atoms with E-state index in [9.17, 15) is 10.1 Å². The van der Waals surface area contributed by atoms with Crippen LogP contribution in [0.3, 0.4) is 0 Å². The normalized spacial score (nSPS) is 11.6. The molecule has 0 saturated heterocycles. The highest BCUT2D eigenvalue weighted by Gasteiger charge is 2.20. The standard InChI is InChI=1S/C16H12INO/c17-14-8-4-7-13(10-14)15(11-18)16(19)9-12-5-2-1-3-6-12/h1-8,10,15H,9H2. The molecule has 0 aliphatic heterocycles. The largest absolute Gasteiger partial charge is 0.297 e. The van der Waals surface area contributed by atoms with Gasteiger partial charge in [-0.25, -0.2) is 0 Å². The highest BCUT2D eigenvalue weighted by molar-refractivity contribution is 14.1. The van der Waals surface area contributed by atoms with Gasteiger partial charge >= 0.3 is 0 Å². The van der Waals surface area contributed by atoms with Crippen molar-refractivity contribution in [3.8, 4) is 6.07 Å². The second-order valence-corrected chi connectivity index (χ2v) is 5.49. The Morgan fingerprint density at radius 2 is 1.89 bits per heavy atom. The van der Waals surface area contributed by atoms with Crippen LogP contribution in [-0.2, 0) is 11.2 Å². The molecule has 2 rings (SSSR count). The van der Waals surface area contributed by atoms with Crippen LogP contribution in [0, 0.1) is 14.9 Å². The Labute approximate surface area is 126 Å². The predicted octanol–water partition coefficient (Wildman–Crippen LogP) is 3.71. The summed E-state index contributed by atoms with van der Waals surface area (Å²) in [6.07, 6.45) is 0.296. The summed E-state index contributed by atoms with van der Waals surface area (Å²) in [6.45, 7) is 0. The molecule has 0 N–H and O–H groups in total. The fourth-order valence-electron chi connectivity index (χ4n) is 1.92. The van der Waals surface area contributed by atoms with Crippen molar-refractivity contribution in [1.82, 2.24) is 0 Å². The Hall–Kier alpha value is -1.67. The lowest BCUT2D eigenvalue weighted by molar-refractivity contribution is -0.118. The average Bonchev–Trinajstić information content (AvgIpc) is 2.41. The summed E-state index contributed by atoms with van der Waals surface area (Å²) in [4.78, 5) is 12.2. The van der Waals surface area contributed by atoms with Crippen LogP contribution >= 0.6 is 22.6 Å². The van der Waals surface area contributed by atoms with Crippen molar-refractivity contribution in [1.29, 1.82) is 5.26 Å². The van der Waals surface area contributed by atoms with E-state index in [1.807, 2.05) is 54.6 Å². The number of hydrogen-bond donors (Lipinski definition) is 0. The number of ketones is 1. The molecule has 0 spiro atoms. The maximum absolute atomic E-state index is 12.2. The molecule has 0 bridgehead atoms. The predicted molar refractivity (Wildman–Crippen MR) is 82.7 cm³/mol. The van der Waals surface area contributed by atoms with Crippen LogP contribution in [0.4, 0.5) is 0 Å². The van der Waals surface area contributed by atoms with E-state index in [1.165, 1.54) is 0 Å². The number of carbonyl (C=O) groups is 1. The molecule has 0 aliphatic carbocycles. The van der Waals surface area contributed by atoms with E-state index in [-0.39, 0.29) is 5.78 Å². The third-order valence-corrected chi connectivity index (χ3v) is 3.53. The lowest BCUT2D eigenvalue weighted by atomic mass is 9.92. The van der Waals surface area contributed by atoms with E-state index >= 15 is 0 Å². The van der Waals surface area contributed by atoms with Gasteiger partial charge in [0, 0.05) is 9.99 Å². The number of benzene rings is 2. The second kappa shape index (κ2) is 6.48. The number of rotatable bonds is 4. The summed E-state index contributed by atoms with van der Waals surface area (Å²) in [6, 6.07) is 19.2. The monoisotopic (exact) mass is 361 g/mol. The zero-order valence-corrected chi connectivity index (χ0v) is 12.4. The number of Topliss-reactive ketones (excluding diaryl/α,β-unsaturated/α-hetero) is 1. The summed E-state index contributed by atoms with van der Waals surface area (Å²) in [5.74, 6) is -0.745. The summed E-state index contributed by atoms with van der Waals surface area (Å²) >= 11 is 2.18. The summed E-state index contributed by atoms with van der Waals surface area (Å²) in [5.41, 5.74) is 1.72. The Kier molecular flexibility index (Phi) is 4.69. The van der Waals surface area contributed by atoms with Crippen molar-refractivity contribution in [2.24, 2.45) is 0 Å². The van der Waals surface area contributed by atoms with E-state index in [2.05, 4.69) is 28.7 Å². The van der Waals surface area contributed by atoms with E-state index in [4.69, 9.17) is 0 Å². The van der Waals surface area contributed by atoms with Crippen molar-refractivity contribution in [2.45, 2.75) is 12.3 Å². The summed E-state index contributed by atoms with van der Waals surface area (Å²) < 4.78 is 1.03. The quantitative estimate of drug-likeness (QED) is 0.779. The first-order chi connectivity index (χ1) is 9.20. The average molecular weight is 361 g/mol. The van der Waals surface area contributed by atoms with Gasteiger partial charge in [0.25, 0.3) is 0 Å². The molecule has 94 valence electrons. The smallest absolute Gasteiger partial charge is 0.158 e. The van der Waals surface area contributed by atoms with Crippen molar-refractivity contribution >= 4 is 28.4 Å². The van der Waals surface area contributed by atoms with Crippen LogP contribution in [0.2, 0.25) is 0 Å².